The van der Waals surface area contributed by atoms with Gasteiger partial charge in [0.25, 0.3) is 11.8 Å². The SMILES string of the molecule is COC(=O)CCCCCCCCCCCCCC(=O)ON1C(=O)CCC1=O. The lowest BCUT2D eigenvalue weighted by molar-refractivity contribution is -0.197. The van der Waals surface area contributed by atoms with Crippen molar-refractivity contribution < 1.29 is 28.8 Å². The molecular formula is C20H33NO6. The smallest absolute Gasteiger partial charge is 0.333 e. The Morgan fingerprint density at radius 1 is 0.704 bits per heavy atom. The number of esters is 1. The number of hydroxylamine groups is 2. The zero-order valence-electron chi connectivity index (χ0n) is 16.5. The Labute approximate surface area is 161 Å². The first-order valence-corrected chi connectivity index (χ1v) is 10.2. The number of amides is 2. The lowest BCUT2D eigenvalue weighted by Crippen LogP contribution is -2.31. The molecule has 0 spiro atoms. The summed E-state index contributed by atoms with van der Waals surface area (Å²) in [6, 6.07) is 0. The second-order valence-corrected chi connectivity index (χ2v) is 7.01. The minimum Gasteiger partial charge on any atom is -0.469 e. The molecule has 0 N–H and O–H groups in total. The summed E-state index contributed by atoms with van der Waals surface area (Å²) in [6.45, 7) is 0. The molecule has 0 radical (unpaired) electrons. The molecule has 0 bridgehead atoms. The fourth-order valence-corrected chi connectivity index (χ4v) is 3.04. The third-order valence-electron chi connectivity index (χ3n) is 4.69. The van der Waals surface area contributed by atoms with E-state index in [4.69, 9.17) is 4.84 Å². The van der Waals surface area contributed by atoms with Crippen molar-refractivity contribution in [2.24, 2.45) is 0 Å². The van der Waals surface area contributed by atoms with Gasteiger partial charge in [-0.1, -0.05) is 57.8 Å². The van der Waals surface area contributed by atoms with Crippen molar-refractivity contribution in [3.63, 3.8) is 0 Å². The summed E-state index contributed by atoms with van der Waals surface area (Å²) in [5.74, 6) is -1.50. The number of rotatable bonds is 15. The number of hydrogen-bond donors (Lipinski definition) is 0. The molecule has 1 saturated heterocycles. The molecule has 0 aliphatic carbocycles. The third-order valence-corrected chi connectivity index (χ3v) is 4.69. The van der Waals surface area contributed by atoms with Crippen LogP contribution in [0.1, 0.15) is 96.3 Å². The molecule has 1 fully saturated rings. The van der Waals surface area contributed by atoms with Gasteiger partial charge in [0.2, 0.25) is 0 Å². The molecule has 27 heavy (non-hydrogen) atoms. The fraction of sp³-hybridized carbons (Fsp3) is 0.800. The van der Waals surface area contributed by atoms with Crippen molar-refractivity contribution in [1.82, 2.24) is 5.06 Å². The van der Waals surface area contributed by atoms with Gasteiger partial charge >= 0.3 is 11.9 Å². The van der Waals surface area contributed by atoms with E-state index in [2.05, 4.69) is 4.74 Å². The highest BCUT2D eigenvalue weighted by molar-refractivity contribution is 6.01. The highest BCUT2D eigenvalue weighted by atomic mass is 16.7. The van der Waals surface area contributed by atoms with E-state index in [1.54, 1.807) is 0 Å². The number of hydrogen-bond acceptors (Lipinski definition) is 6. The van der Waals surface area contributed by atoms with E-state index in [1.807, 2.05) is 0 Å². The van der Waals surface area contributed by atoms with Crippen LogP contribution in [0.25, 0.3) is 0 Å². The van der Waals surface area contributed by atoms with Gasteiger partial charge in [-0.25, -0.2) is 4.79 Å². The first kappa shape index (κ1) is 23.1. The highest BCUT2D eigenvalue weighted by Gasteiger charge is 2.32. The molecule has 1 aliphatic rings. The van der Waals surface area contributed by atoms with Crippen LogP contribution in [0.15, 0.2) is 0 Å². The quantitative estimate of drug-likeness (QED) is 0.242. The predicted octanol–water partition coefficient (Wildman–Crippen LogP) is 3.84. The molecule has 7 nitrogen and oxygen atoms in total. The van der Waals surface area contributed by atoms with Gasteiger partial charge in [0, 0.05) is 25.7 Å². The van der Waals surface area contributed by atoms with Gasteiger partial charge in [0.05, 0.1) is 7.11 Å². The molecule has 0 atom stereocenters. The fourth-order valence-electron chi connectivity index (χ4n) is 3.04. The van der Waals surface area contributed by atoms with E-state index in [9.17, 15) is 19.2 Å². The van der Waals surface area contributed by atoms with Crippen LogP contribution < -0.4 is 0 Å². The summed E-state index contributed by atoms with van der Waals surface area (Å²) in [5, 5.41) is 0.609. The minimum atomic E-state index is -0.509. The van der Waals surface area contributed by atoms with Crippen molar-refractivity contribution >= 4 is 23.8 Å². The van der Waals surface area contributed by atoms with Crippen LogP contribution in [0, 0.1) is 0 Å². The molecule has 1 aliphatic heterocycles. The lowest BCUT2D eigenvalue weighted by Gasteiger charge is -2.12. The molecule has 154 valence electrons. The van der Waals surface area contributed by atoms with Crippen LogP contribution >= 0.6 is 0 Å². The second-order valence-electron chi connectivity index (χ2n) is 7.01. The zero-order chi connectivity index (χ0) is 19.9. The van der Waals surface area contributed by atoms with Gasteiger partial charge in [0.15, 0.2) is 0 Å². The number of ether oxygens (including phenoxy) is 1. The van der Waals surface area contributed by atoms with Crippen LogP contribution in [0.3, 0.4) is 0 Å². The van der Waals surface area contributed by atoms with Crippen LogP contribution in [0.4, 0.5) is 0 Å². The number of nitrogens with zero attached hydrogens (tertiary/aromatic N) is 1. The number of carbonyl (C=O) groups excluding carboxylic acids is 4. The Hall–Kier alpha value is -1.92. The van der Waals surface area contributed by atoms with Crippen LogP contribution in [-0.4, -0.2) is 35.9 Å². The Bertz CT molecular complexity index is 475. The molecule has 2 amide bonds. The largest absolute Gasteiger partial charge is 0.469 e. The van der Waals surface area contributed by atoms with Gasteiger partial charge in [-0.2, -0.15) is 0 Å². The Balaban J connectivity index is 1.84. The normalized spacial score (nSPS) is 13.9. The summed E-state index contributed by atoms with van der Waals surface area (Å²) in [4.78, 5) is 50.1. The minimum absolute atomic E-state index is 0.124. The maximum atomic E-state index is 11.6. The van der Waals surface area contributed by atoms with E-state index in [1.165, 1.54) is 39.2 Å². The first-order valence-electron chi connectivity index (χ1n) is 10.2. The third kappa shape index (κ3) is 10.7. The molecule has 1 heterocycles. The van der Waals surface area contributed by atoms with Gasteiger partial charge in [-0.05, 0) is 12.8 Å². The molecule has 0 aromatic heterocycles. The average Bonchev–Trinajstić information content (AvgIpc) is 2.97. The summed E-state index contributed by atoms with van der Waals surface area (Å²) >= 11 is 0. The molecular weight excluding hydrogens is 350 g/mol. The molecule has 0 unspecified atom stereocenters. The maximum Gasteiger partial charge on any atom is 0.333 e. The molecule has 0 aromatic carbocycles. The van der Waals surface area contributed by atoms with Gasteiger partial charge < -0.3 is 9.57 Å². The van der Waals surface area contributed by atoms with E-state index < -0.39 is 17.8 Å². The monoisotopic (exact) mass is 383 g/mol. The van der Waals surface area contributed by atoms with Gasteiger partial charge in [0.1, 0.15) is 0 Å². The van der Waals surface area contributed by atoms with Gasteiger partial charge in [-0.3, -0.25) is 14.4 Å². The van der Waals surface area contributed by atoms with E-state index in [-0.39, 0.29) is 25.2 Å². The summed E-state index contributed by atoms with van der Waals surface area (Å²) < 4.78 is 4.61. The van der Waals surface area contributed by atoms with Crippen LogP contribution in [0.2, 0.25) is 0 Å². The van der Waals surface area contributed by atoms with E-state index in [0.717, 1.165) is 38.5 Å². The first-order chi connectivity index (χ1) is 13.0. The Morgan fingerprint density at radius 3 is 1.48 bits per heavy atom. The topological polar surface area (TPSA) is 90.0 Å². The number of methoxy groups -OCH3 is 1. The van der Waals surface area contributed by atoms with Crippen molar-refractivity contribution in [3.8, 4) is 0 Å². The molecule has 0 aromatic rings. The number of unbranched alkanes of at least 4 members (excludes halogenated alkanes) is 10. The van der Waals surface area contributed by atoms with Gasteiger partial charge in [-0.15, -0.1) is 5.06 Å². The van der Waals surface area contributed by atoms with Crippen molar-refractivity contribution in [2.75, 3.05) is 7.11 Å². The van der Waals surface area contributed by atoms with Crippen molar-refractivity contribution in [1.29, 1.82) is 0 Å². The van der Waals surface area contributed by atoms with Crippen LogP contribution in [-0.2, 0) is 28.8 Å². The molecule has 1 rings (SSSR count). The number of imide groups is 1. The Kier molecular flexibility index (Phi) is 12.1. The highest BCUT2D eigenvalue weighted by Crippen LogP contribution is 2.15. The summed E-state index contributed by atoms with van der Waals surface area (Å²) in [5.41, 5.74) is 0. The van der Waals surface area contributed by atoms with Crippen molar-refractivity contribution in [2.45, 2.75) is 96.3 Å². The second kappa shape index (κ2) is 14.2. The van der Waals surface area contributed by atoms with E-state index in [0.29, 0.717) is 11.5 Å². The molecule has 7 heteroatoms. The maximum absolute atomic E-state index is 11.6. The van der Waals surface area contributed by atoms with E-state index >= 15 is 0 Å². The Morgan fingerprint density at radius 2 is 1.07 bits per heavy atom. The zero-order valence-corrected chi connectivity index (χ0v) is 16.5. The van der Waals surface area contributed by atoms with Crippen molar-refractivity contribution in [3.05, 3.63) is 0 Å². The lowest BCUT2D eigenvalue weighted by atomic mass is 10.0. The number of carbonyl (C=O) groups is 4. The standard InChI is InChI=1S/C20H33NO6/c1-26-19(24)13-11-9-7-5-3-2-4-6-8-10-12-14-20(25)27-21-17(22)15-16-18(21)23/h2-16H2,1H3. The van der Waals surface area contributed by atoms with Crippen LogP contribution in [0.5, 0.6) is 0 Å². The summed E-state index contributed by atoms with van der Waals surface area (Å²) in [7, 11) is 1.42. The average molecular weight is 383 g/mol. The summed E-state index contributed by atoms with van der Waals surface area (Å²) in [6.07, 6.45) is 12.9. The predicted molar refractivity (Wildman–Crippen MR) is 99.2 cm³/mol. The molecule has 0 saturated carbocycles.